The minimum Gasteiger partial charge on any atom is -0.391 e. The molecule has 1 saturated heterocycles. The highest BCUT2D eigenvalue weighted by atomic mass is 32.2. The summed E-state index contributed by atoms with van der Waals surface area (Å²) < 4.78 is 27.7. The van der Waals surface area contributed by atoms with Crippen molar-refractivity contribution < 1.29 is 13.5 Å². The molecule has 1 fully saturated rings. The Balaban J connectivity index is 2.44. The van der Waals surface area contributed by atoms with Gasteiger partial charge >= 0.3 is 0 Å². The van der Waals surface area contributed by atoms with Gasteiger partial charge in [-0.1, -0.05) is 19.8 Å². The SMILES string of the molecule is CCC1CCCCCN1S(=O)(=O)c1c(C)csc1CO. The number of aryl methyl sites for hydroxylation is 1. The van der Waals surface area contributed by atoms with E-state index in [4.69, 9.17) is 0 Å². The molecule has 0 aromatic carbocycles. The van der Waals surface area contributed by atoms with Crippen LogP contribution < -0.4 is 0 Å². The molecule has 0 amide bonds. The average Bonchev–Trinajstić information content (AvgIpc) is 2.65. The predicted octanol–water partition coefficient (Wildman–Crippen LogP) is 2.89. The molecular formula is C14H23NO3S2. The lowest BCUT2D eigenvalue weighted by Crippen LogP contribution is -2.40. The van der Waals surface area contributed by atoms with E-state index in [0.29, 0.717) is 16.3 Å². The molecule has 0 saturated carbocycles. The lowest BCUT2D eigenvalue weighted by molar-refractivity contribution is 0.280. The molecule has 0 bridgehead atoms. The molecule has 6 heteroatoms. The summed E-state index contributed by atoms with van der Waals surface area (Å²) in [5.41, 5.74) is 0.748. The molecule has 1 atom stereocenters. The maximum Gasteiger partial charge on any atom is 0.244 e. The van der Waals surface area contributed by atoms with Crippen molar-refractivity contribution in [3.8, 4) is 0 Å². The first-order valence-electron chi connectivity index (χ1n) is 7.22. The second kappa shape index (κ2) is 6.56. The maximum absolute atomic E-state index is 13.0. The van der Waals surface area contributed by atoms with Crippen LogP contribution in [0.25, 0.3) is 0 Å². The number of aliphatic hydroxyl groups is 1. The largest absolute Gasteiger partial charge is 0.391 e. The Morgan fingerprint density at radius 1 is 1.40 bits per heavy atom. The van der Waals surface area contributed by atoms with E-state index < -0.39 is 10.0 Å². The van der Waals surface area contributed by atoms with E-state index in [1.165, 1.54) is 11.3 Å². The number of hydrogen-bond donors (Lipinski definition) is 1. The van der Waals surface area contributed by atoms with Gasteiger partial charge in [-0.25, -0.2) is 8.42 Å². The molecular weight excluding hydrogens is 294 g/mol. The average molecular weight is 317 g/mol. The van der Waals surface area contributed by atoms with Gasteiger partial charge in [0.15, 0.2) is 0 Å². The summed E-state index contributed by atoms with van der Waals surface area (Å²) in [5.74, 6) is 0. The van der Waals surface area contributed by atoms with Crippen LogP contribution in [0.5, 0.6) is 0 Å². The van der Waals surface area contributed by atoms with E-state index in [1.54, 1.807) is 11.2 Å². The third-order valence-electron chi connectivity index (χ3n) is 3.99. The number of rotatable bonds is 4. The zero-order valence-electron chi connectivity index (χ0n) is 12.1. The molecule has 4 nitrogen and oxygen atoms in total. The fourth-order valence-corrected chi connectivity index (χ4v) is 6.32. The minimum atomic E-state index is -3.49. The Morgan fingerprint density at radius 2 is 2.15 bits per heavy atom. The molecule has 1 aliphatic heterocycles. The zero-order chi connectivity index (χ0) is 14.8. The quantitative estimate of drug-likeness (QED) is 0.929. The summed E-state index contributed by atoms with van der Waals surface area (Å²) in [4.78, 5) is 0.895. The summed E-state index contributed by atoms with van der Waals surface area (Å²) in [6.45, 7) is 4.24. The summed E-state index contributed by atoms with van der Waals surface area (Å²) in [6, 6.07) is 0.0911. The van der Waals surface area contributed by atoms with Crippen molar-refractivity contribution in [2.75, 3.05) is 6.54 Å². The fourth-order valence-electron chi connectivity index (χ4n) is 2.94. The number of hydrogen-bond acceptors (Lipinski definition) is 4. The fraction of sp³-hybridized carbons (Fsp3) is 0.714. The highest BCUT2D eigenvalue weighted by Crippen LogP contribution is 2.33. The van der Waals surface area contributed by atoms with Crippen molar-refractivity contribution >= 4 is 21.4 Å². The van der Waals surface area contributed by atoms with Gasteiger partial charge in [-0.05, 0) is 37.1 Å². The third kappa shape index (κ3) is 2.93. The molecule has 0 aliphatic carbocycles. The predicted molar refractivity (Wildman–Crippen MR) is 81.4 cm³/mol. The smallest absolute Gasteiger partial charge is 0.244 e. The first-order chi connectivity index (χ1) is 9.52. The summed E-state index contributed by atoms with van der Waals surface area (Å²) >= 11 is 1.33. The van der Waals surface area contributed by atoms with Gasteiger partial charge in [0.25, 0.3) is 0 Å². The Bertz CT molecular complexity index is 551. The molecule has 114 valence electrons. The lowest BCUT2D eigenvalue weighted by atomic mass is 10.1. The van der Waals surface area contributed by atoms with Crippen LogP contribution in [0.2, 0.25) is 0 Å². The molecule has 0 spiro atoms. The van der Waals surface area contributed by atoms with Crippen molar-refractivity contribution in [3.63, 3.8) is 0 Å². The number of sulfonamides is 1. The van der Waals surface area contributed by atoms with Gasteiger partial charge in [0, 0.05) is 12.6 Å². The van der Waals surface area contributed by atoms with Crippen LogP contribution in [0.15, 0.2) is 10.3 Å². The van der Waals surface area contributed by atoms with Crippen LogP contribution in [0.4, 0.5) is 0 Å². The van der Waals surface area contributed by atoms with E-state index in [1.807, 2.05) is 12.3 Å². The van der Waals surface area contributed by atoms with Crippen molar-refractivity contribution in [1.29, 1.82) is 0 Å². The number of aliphatic hydroxyl groups excluding tert-OH is 1. The maximum atomic E-state index is 13.0. The molecule has 1 aromatic rings. The van der Waals surface area contributed by atoms with Crippen LogP contribution in [0, 0.1) is 6.92 Å². The van der Waals surface area contributed by atoms with Crippen molar-refractivity contribution in [1.82, 2.24) is 4.31 Å². The number of nitrogens with zero attached hydrogens (tertiary/aromatic N) is 1. The van der Waals surface area contributed by atoms with Gasteiger partial charge < -0.3 is 5.11 Å². The molecule has 2 rings (SSSR count). The molecule has 2 heterocycles. The van der Waals surface area contributed by atoms with Crippen LogP contribution >= 0.6 is 11.3 Å². The van der Waals surface area contributed by atoms with Gasteiger partial charge in [0.2, 0.25) is 10.0 Å². The summed E-state index contributed by atoms with van der Waals surface area (Å²) in [5, 5.41) is 11.2. The highest BCUT2D eigenvalue weighted by molar-refractivity contribution is 7.89. The molecule has 1 aliphatic rings. The molecule has 20 heavy (non-hydrogen) atoms. The van der Waals surface area contributed by atoms with Gasteiger partial charge in [0.1, 0.15) is 4.90 Å². The van der Waals surface area contributed by atoms with Crippen LogP contribution in [0.3, 0.4) is 0 Å². The van der Waals surface area contributed by atoms with E-state index >= 15 is 0 Å². The lowest BCUT2D eigenvalue weighted by Gasteiger charge is -2.28. The topological polar surface area (TPSA) is 57.6 Å². The van der Waals surface area contributed by atoms with Crippen molar-refractivity contribution in [2.24, 2.45) is 0 Å². The molecule has 1 N–H and O–H groups in total. The second-order valence-electron chi connectivity index (χ2n) is 5.36. The van der Waals surface area contributed by atoms with E-state index in [2.05, 4.69) is 0 Å². The van der Waals surface area contributed by atoms with Gasteiger partial charge in [0.05, 0.1) is 11.5 Å². The van der Waals surface area contributed by atoms with Gasteiger partial charge in [-0.3, -0.25) is 0 Å². The standard InChI is InChI=1S/C14H23NO3S2/c1-3-12-7-5-4-6-8-15(12)20(17,18)14-11(2)10-19-13(14)9-16/h10,12,16H,3-9H2,1-2H3. The molecule has 1 aromatic heterocycles. The first-order valence-corrected chi connectivity index (χ1v) is 9.54. The Kier molecular flexibility index (Phi) is 5.23. The summed E-state index contributed by atoms with van der Waals surface area (Å²) in [6.07, 6.45) is 4.90. The molecule has 0 radical (unpaired) electrons. The van der Waals surface area contributed by atoms with Crippen molar-refractivity contribution in [2.45, 2.75) is 63.5 Å². The number of thiophene rings is 1. The zero-order valence-corrected chi connectivity index (χ0v) is 13.8. The van der Waals surface area contributed by atoms with E-state index in [-0.39, 0.29) is 12.6 Å². The van der Waals surface area contributed by atoms with E-state index in [9.17, 15) is 13.5 Å². The second-order valence-corrected chi connectivity index (χ2v) is 8.15. The Hall–Kier alpha value is -0.430. The summed E-state index contributed by atoms with van der Waals surface area (Å²) in [7, 11) is -3.49. The highest BCUT2D eigenvalue weighted by Gasteiger charge is 2.34. The van der Waals surface area contributed by atoms with Crippen molar-refractivity contribution in [3.05, 3.63) is 15.8 Å². The van der Waals surface area contributed by atoms with Gasteiger partial charge in [-0.15, -0.1) is 11.3 Å². The monoisotopic (exact) mass is 317 g/mol. The third-order valence-corrected chi connectivity index (χ3v) is 7.39. The van der Waals surface area contributed by atoms with Gasteiger partial charge in [-0.2, -0.15) is 4.31 Å². The van der Waals surface area contributed by atoms with Crippen LogP contribution in [-0.4, -0.2) is 30.4 Å². The minimum absolute atomic E-state index is 0.0911. The normalized spacial score (nSPS) is 21.9. The Labute approximate surface area is 125 Å². The van der Waals surface area contributed by atoms with Crippen LogP contribution in [-0.2, 0) is 16.6 Å². The Morgan fingerprint density at radius 3 is 2.80 bits per heavy atom. The van der Waals surface area contributed by atoms with Crippen LogP contribution in [0.1, 0.15) is 49.5 Å². The van der Waals surface area contributed by atoms with E-state index in [0.717, 1.165) is 37.7 Å². The first kappa shape index (κ1) is 15.9. The molecule has 1 unspecified atom stereocenters.